The van der Waals surface area contributed by atoms with Crippen molar-refractivity contribution in [3.05, 3.63) is 0 Å². The first-order valence-electron chi connectivity index (χ1n) is 5.49. The van der Waals surface area contributed by atoms with Gasteiger partial charge in [0.15, 0.2) is 0 Å². The van der Waals surface area contributed by atoms with E-state index in [1.165, 1.54) is 19.3 Å². The largest absolute Gasteiger partial charge is 0.350 e. The molecule has 1 fully saturated rings. The van der Waals surface area contributed by atoms with Gasteiger partial charge in [0.25, 0.3) is 0 Å². The second-order valence-electron chi connectivity index (χ2n) is 5.21. The van der Waals surface area contributed by atoms with Crippen LogP contribution in [0.1, 0.15) is 40.0 Å². The first kappa shape index (κ1) is 11.5. The molecule has 0 aromatic rings. The quantitative estimate of drug-likeness (QED) is 0.654. The van der Waals surface area contributed by atoms with E-state index in [-0.39, 0.29) is 11.4 Å². The molecule has 3 nitrogen and oxygen atoms in total. The van der Waals surface area contributed by atoms with Crippen molar-refractivity contribution in [1.29, 1.82) is 0 Å². The van der Waals surface area contributed by atoms with Crippen molar-refractivity contribution in [1.82, 2.24) is 10.6 Å². The zero-order valence-corrected chi connectivity index (χ0v) is 9.52. The van der Waals surface area contributed by atoms with E-state index in [0.29, 0.717) is 6.54 Å². The Kier molecular flexibility index (Phi) is 3.93. The second-order valence-corrected chi connectivity index (χ2v) is 5.21. The lowest BCUT2D eigenvalue weighted by molar-refractivity contribution is -0.121. The minimum absolute atomic E-state index is 0.0910. The van der Waals surface area contributed by atoms with Crippen LogP contribution in [0.25, 0.3) is 0 Å². The van der Waals surface area contributed by atoms with Gasteiger partial charge < -0.3 is 10.6 Å². The molecule has 2 N–H and O–H groups in total. The van der Waals surface area contributed by atoms with E-state index in [0.717, 1.165) is 12.5 Å². The molecule has 0 aromatic heterocycles. The average Bonchev–Trinajstić information content (AvgIpc) is 2.77. The lowest BCUT2D eigenvalue weighted by Crippen LogP contribution is -2.45. The predicted octanol–water partition coefficient (Wildman–Crippen LogP) is 1.29. The van der Waals surface area contributed by atoms with E-state index in [2.05, 4.69) is 10.6 Å². The number of hydrogen-bond donors (Lipinski definition) is 2. The van der Waals surface area contributed by atoms with E-state index in [1.54, 1.807) is 0 Å². The summed E-state index contributed by atoms with van der Waals surface area (Å²) in [6.07, 6.45) is 3.99. The zero-order chi connectivity index (χ0) is 10.6. The molecule has 0 heterocycles. The van der Waals surface area contributed by atoms with Crippen molar-refractivity contribution in [2.45, 2.75) is 45.6 Å². The Morgan fingerprint density at radius 2 is 2.00 bits per heavy atom. The maximum absolute atomic E-state index is 11.3. The van der Waals surface area contributed by atoms with Crippen LogP contribution in [0.5, 0.6) is 0 Å². The van der Waals surface area contributed by atoms with Gasteiger partial charge in [-0.05, 0) is 39.7 Å². The fraction of sp³-hybridized carbons (Fsp3) is 0.909. The molecule has 1 amide bonds. The molecule has 0 unspecified atom stereocenters. The third-order valence-electron chi connectivity index (χ3n) is 2.23. The average molecular weight is 198 g/mol. The van der Waals surface area contributed by atoms with Gasteiger partial charge >= 0.3 is 0 Å². The van der Waals surface area contributed by atoms with Gasteiger partial charge in [-0.2, -0.15) is 0 Å². The molecule has 0 saturated heterocycles. The van der Waals surface area contributed by atoms with Crippen molar-refractivity contribution >= 4 is 5.91 Å². The Balaban J connectivity index is 1.96. The van der Waals surface area contributed by atoms with Crippen molar-refractivity contribution < 1.29 is 4.79 Å². The topological polar surface area (TPSA) is 41.1 Å². The smallest absolute Gasteiger partial charge is 0.234 e. The van der Waals surface area contributed by atoms with Crippen LogP contribution in [0, 0.1) is 5.92 Å². The highest BCUT2D eigenvalue weighted by atomic mass is 16.2. The predicted molar refractivity (Wildman–Crippen MR) is 58.1 cm³/mol. The SMILES string of the molecule is CC(C)(C)NC(=O)CNCCC1CC1. The van der Waals surface area contributed by atoms with Gasteiger partial charge in [-0.25, -0.2) is 0 Å². The summed E-state index contributed by atoms with van der Waals surface area (Å²) in [7, 11) is 0. The summed E-state index contributed by atoms with van der Waals surface area (Å²) in [5.41, 5.74) is -0.116. The molecule has 0 aliphatic heterocycles. The third kappa shape index (κ3) is 5.97. The van der Waals surface area contributed by atoms with Gasteiger partial charge in [-0.3, -0.25) is 4.79 Å². The minimum Gasteiger partial charge on any atom is -0.350 e. The lowest BCUT2D eigenvalue weighted by atomic mass is 10.1. The Morgan fingerprint density at radius 1 is 1.36 bits per heavy atom. The highest BCUT2D eigenvalue weighted by Gasteiger charge is 2.20. The molecular weight excluding hydrogens is 176 g/mol. The van der Waals surface area contributed by atoms with Crippen LogP contribution in [0.15, 0.2) is 0 Å². The third-order valence-corrected chi connectivity index (χ3v) is 2.23. The maximum atomic E-state index is 11.3. The van der Waals surface area contributed by atoms with Gasteiger partial charge in [-0.15, -0.1) is 0 Å². The summed E-state index contributed by atoms with van der Waals surface area (Å²) in [5, 5.41) is 6.09. The van der Waals surface area contributed by atoms with E-state index in [1.807, 2.05) is 20.8 Å². The van der Waals surface area contributed by atoms with Crippen LogP contribution in [0.4, 0.5) is 0 Å². The van der Waals surface area contributed by atoms with Gasteiger partial charge in [0.2, 0.25) is 5.91 Å². The first-order valence-corrected chi connectivity index (χ1v) is 5.49. The number of amides is 1. The Morgan fingerprint density at radius 3 is 2.50 bits per heavy atom. The molecule has 1 aliphatic rings. The van der Waals surface area contributed by atoms with Crippen LogP contribution in [-0.2, 0) is 4.79 Å². The van der Waals surface area contributed by atoms with Crippen LogP contribution in [-0.4, -0.2) is 24.5 Å². The molecule has 1 rings (SSSR count). The van der Waals surface area contributed by atoms with Crippen molar-refractivity contribution in [3.63, 3.8) is 0 Å². The number of carbonyl (C=O) groups is 1. The molecule has 82 valence electrons. The summed E-state index contributed by atoms with van der Waals surface area (Å²) >= 11 is 0. The highest BCUT2D eigenvalue weighted by Crippen LogP contribution is 2.31. The first-order chi connectivity index (χ1) is 6.47. The van der Waals surface area contributed by atoms with Crippen molar-refractivity contribution in [3.8, 4) is 0 Å². The summed E-state index contributed by atoms with van der Waals surface area (Å²) in [4.78, 5) is 11.3. The minimum atomic E-state index is -0.116. The van der Waals surface area contributed by atoms with Gasteiger partial charge in [0.1, 0.15) is 0 Å². The number of nitrogens with one attached hydrogen (secondary N) is 2. The Labute approximate surface area is 86.6 Å². The monoisotopic (exact) mass is 198 g/mol. The molecule has 0 aromatic carbocycles. The molecule has 3 heteroatoms. The van der Waals surface area contributed by atoms with Crippen LogP contribution < -0.4 is 10.6 Å². The molecule has 0 radical (unpaired) electrons. The van der Waals surface area contributed by atoms with Crippen molar-refractivity contribution in [2.75, 3.05) is 13.1 Å². The molecule has 0 spiro atoms. The van der Waals surface area contributed by atoms with Gasteiger partial charge in [0, 0.05) is 5.54 Å². The fourth-order valence-corrected chi connectivity index (χ4v) is 1.38. The zero-order valence-electron chi connectivity index (χ0n) is 9.52. The summed E-state index contributed by atoms with van der Waals surface area (Å²) in [6.45, 7) is 7.41. The van der Waals surface area contributed by atoms with E-state index >= 15 is 0 Å². The Hall–Kier alpha value is -0.570. The van der Waals surface area contributed by atoms with E-state index in [9.17, 15) is 4.79 Å². The van der Waals surface area contributed by atoms with Crippen LogP contribution in [0.3, 0.4) is 0 Å². The summed E-state index contributed by atoms with van der Waals surface area (Å²) in [5.74, 6) is 1.03. The van der Waals surface area contributed by atoms with Gasteiger partial charge in [0.05, 0.1) is 6.54 Å². The molecular formula is C11H22N2O. The lowest BCUT2D eigenvalue weighted by Gasteiger charge is -2.20. The van der Waals surface area contributed by atoms with E-state index < -0.39 is 0 Å². The fourth-order valence-electron chi connectivity index (χ4n) is 1.38. The standard InChI is InChI=1S/C11H22N2O/c1-11(2,3)13-10(14)8-12-7-6-9-4-5-9/h9,12H,4-8H2,1-3H3,(H,13,14). The number of carbonyl (C=O) groups excluding carboxylic acids is 1. The second kappa shape index (κ2) is 4.78. The van der Waals surface area contributed by atoms with Crippen molar-refractivity contribution in [2.24, 2.45) is 5.92 Å². The van der Waals surface area contributed by atoms with Crippen LogP contribution in [0.2, 0.25) is 0 Å². The van der Waals surface area contributed by atoms with E-state index in [4.69, 9.17) is 0 Å². The highest BCUT2D eigenvalue weighted by molar-refractivity contribution is 5.78. The number of rotatable bonds is 5. The van der Waals surface area contributed by atoms with Crippen LogP contribution >= 0.6 is 0 Å². The normalized spacial score (nSPS) is 16.8. The maximum Gasteiger partial charge on any atom is 0.234 e. The molecule has 0 bridgehead atoms. The van der Waals surface area contributed by atoms with Gasteiger partial charge in [-0.1, -0.05) is 12.8 Å². The Bertz CT molecular complexity index is 192. The number of hydrogen-bond acceptors (Lipinski definition) is 2. The molecule has 1 aliphatic carbocycles. The molecule has 0 atom stereocenters. The molecule has 1 saturated carbocycles. The summed E-state index contributed by atoms with van der Waals surface area (Å²) < 4.78 is 0. The summed E-state index contributed by atoms with van der Waals surface area (Å²) in [6, 6.07) is 0. The molecule has 14 heavy (non-hydrogen) atoms.